The van der Waals surface area contributed by atoms with Crippen LogP contribution in [0.25, 0.3) is 0 Å². The Hall–Kier alpha value is -2.23. The van der Waals surface area contributed by atoms with Gasteiger partial charge in [-0.15, -0.1) is 0 Å². The zero-order valence-corrected chi connectivity index (χ0v) is 18.3. The maximum absolute atomic E-state index is 10.1. The topological polar surface area (TPSA) is 30.3 Å². The largest absolute Gasteiger partial charge is 0.297 e. The summed E-state index contributed by atoms with van der Waals surface area (Å²) < 4.78 is 2.25. The number of nitriles is 1. The van der Waals surface area contributed by atoms with E-state index in [1.165, 1.54) is 35.1 Å². The molecule has 0 radical (unpaired) electrons. The summed E-state index contributed by atoms with van der Waals surface area (Å²) in [5.41, 5.74) is 2.87. The first kappa shape index (κ1) is 19.5. The number of hydrogen-bond acceptors (Lipinski definition) is 3. The second-order valence-electron chi connectivity index (χ2n) is 10.2. The van der Waals surface area contributed by atoms with Gasteiger partial charge in [-0.2, -0.15) is 5.26 Å². The van der Waals surface area contributed by atoms with Gasteiger partial charge in [0, 0.05) is 24.1 Å². The summed E-state index contributed by atoms with van der Waals surface area (Å²) in [5, 5.41) is 10.1. The molecular formula is C26H33N5+2. The highest BCUT2D eigenvalue weighted by molar-refractivity contribution is 5.16. The van der Waals surface area contributed by atoms with Crippen LogP contribution in [0, 0.1) is 11.3 Å². The van der Waals surface area contributed by atoms with Crippen molar-refractivity contribution in [1.29, 1.82) is 5.26 Å². The standard InChI is InChI=1S/C26H33N5/c27-18-24-21-31(20-23-10-5-2-6-11-23)16-13-28-12-7-15-30(19-22-8-3-1-4-9-22)17-14-29(24)26(31)25(28)30/h1-6,8-11,24-26H,7,12-17,19-21H2/q+2/t24-,25+,26+,30?,31?/m0/s1. The van der Waals surface area contributed by atoms with Gasteiger partial charge in [-0.3, -0.25) is 8.97 Å². The lowest BCUT2D eigenvalue weighted by Crippen LogP contribution is -2.83. The molecule has 4 aliphatic heterocycles. The fraction of sp³-hybridized carbons (Fsp3) is 0.500. The van der Waals surface area contributed by atoms with Crippen molar-refractivity contribution >= 4 is 0 Å². The van der Waals surface area contributed by atoms with E-state index in [0.29, 0.717) is 12.3 Å². The lowest BCUT2D eigenvalue weighted by Gasteiger charge is -2.62. The SMILES string of the molecule is N#C[C@H]1C[N+]2(Cc3ccccc3)CCN3CCC[N+]4(Cc5ccccc5)CCN1[C@H]2[C@H]34. The molecule has 4 aliphatic rings. The summed E-state index contributed by atoms with van der Waals surface area (Å²) in [4.78, 5) is 5.40. The summed E-state index contributed by atoms with van der Waals surface area (Å²) in [6, 6.07) is 24.8. The Bertz CT molecular complexity index is 972. The van der Waals surface area contributed by atoms with Crippen LogP contribution in [-0.4, -0.2) is 83.0 Å². The third kappa shape index (κ3) is 3.05. The molecule has 160 valence electrons. The van der Waals surface area contributed by atoms with E-state index in [-0.39, 0.29) is 6.04 Å². The van der Waals surface area contributed by atoms with Gasteiger partial charge >= 0.3 is 0 Å². The zero-order chi connectivity index (χ0) is 20.9. The molecule has 0 spiro atoms. The summed E-state index contributed by atoms with van der Waals surface area (Å²) in [5.74, 6) is 0. The number of rotatable bonds is 4. The van der Waals surface area contributed by atoms with Gasteiger partial charge in [-0.25, -0.2) is 9.80 Å². The van der Waals surface area contributed by atoms with Crippen LogP contribution < -0.4 is 0 Å². The molecule has 4 fully saturated rings. The van der Waals surface area contributed by atoms with Crippen molar-refractivity contribution < 1.29 is 8.97 Å². The Labute approximate surface area is 185 Å². The molecule has 0 aliphatic carbocycles. The van der Waals surface area contributed by atoms with Gasteiger partial charge in [0.25, 0.3) is 0 Å². The van der Waals surface area contributed by atoms with Gasteiger partial charge in [0.1, 0.15) is 19.6 Å². The smallest absolute Gasteiger partial charge is 0.215 e. The van der Waals surface area contributed by atoms with Crippen molar-refractivity contribution in [3.63, 3.8) is 0 Å². The second kappa shape index (κ2) is 7.43. The first-order chi connectivity index (χ1) is 15.2. The third-order valence-electron chi connectivity index (χ3n) is 8.55. The molecule has 0 saturated carbocycles. The highest BCUT2D eigenvalue weighted by atomic mass is 15.7. The second-order valence-corrected chi connectivity index (χ2v) is 10.2. The van der Waals surface area contributed by atoms with E-state index >= 15 is 0 Å². The molecule has 0 bridgehead atoms. The molecule has 4 saturated heterocycles. The highest BCUT2D eigenvalue weighted by Gasteiger charge is 2.68. The average molecular weight is 416 g/mol. The van der Waals surface area contributed by atoms with E-state index < -0.39 is 0 Å². The van der Waals surface area contributed by atoms with Crippen LogP contribution in [0.2, 0.25) is 0 Å². The van der Waals surface area contributed by atoms with Crippen LogP contribution in [-0.2, 0) is 13.1 Å². The number of quaternary nitrogens is 2. The molecule has 5 atom stereocenters. The molecule has 31 heavy (non-hydrogen) atoms. The van der Waals surface area contributed by atoms with Gasteiger partial charge in [0.2, 0.25) is 12.3 Å². The molecule has 0 amide bonds. The Morgan fingerprint density at radius 2 is 1.42 bits per heavy atom. The minimum Gasteiger partial charge on any atom is -0.297 e. The van der Waals surface area contributed by atoms with Crippen LogP contribution in [0.5, 0.6) is 0 Å². The highest BCUT2D eigenvalue weighted by Crippen LogP contribution is 2.45. The monoisotopic (exact) mass is 415 g/mol. The first-order valence-corrected chi connectivity index (χ1v) is 11.9. The maximum atomic E-state index is 10.1. The van der Waals surface area contributed by atoms with E-state index in [4.69, 9.17) is 0 Å². The number of nitrogens with zero attached hydrogens (tertiary/aromatic N) is 5. The van der Waals surface area contributed by atoms with Crippen LogP contribution in [0.1, 0.15) is 17.5 Å². The fourth-order valence-corrected chi connectivity index (χ4v) is 7.32. The minimum atomic E-state index is 0.0505. The van der Waals surface area contributed by atoms with Crippen LogP contribution in [0.15, 0.2) is 60.7 Å². The van der Waals surface area contributed by atoms with E-state index in [1.54, 1.807) is 0 Å². The van der Waals surface area contributed by atoms with Crippen LogP contribution in [0.3, 0.4) is 0 Å². The average Bonchev–Trinajstić information content (AvgIpc) is 3.14. The molecule has 2 aromatic carbocycles. The lowest BCUT2D eigenvalue weighted by molar-refractivity contribution is -1.05. The van der Waals surface area contributed by atoms with Gasteiger partial charge in [-0.1, -0.05) is 60.7 Å². The van der Waals surface area contributed by atoms with Crippen molar-refractivity contribution in [1.82, 2.24) is 9.80 Å². The maximum Gasteiger partial charge on any atom is 0.215 e. The van der Waals surface area contributed by atoms with E-state index in [2.05, 4.69) is 76.5 Å². The molecule has 6 rings (SSSR count). The molecule has 2 unspecified atom stereocenters. The van der Waals surface area contributed by atoms with Crippen molar-refractivity contribution in [2.45, 2.75) is 37.9 Å². The number of benzene rings is 2. The van der Waals surface area contributed by atoms with Gasteiger partial charge in [0.05, 0.1) is 38.8 Å². The van der Waals surface area contributed by atoms with Crippen molar-refractivity contribution in [2.75, 3.05) is 45.8 Å². The van der Waals surface area contributed by atoms with Crippen molar-refractivity contribution in [2.24, 2.45) is 0 Å². The van der Waals surface area contributed by atoms with Crippen molar-refractivity contribution in [3.05, 3.63) is 71.8 Å². The third-order valence-corrected chi connectivity index (χ3v) is 8.55. The Morgan fingerprint density at radius 3 is 2.10 bits per heavy atom. The normalized spacial score (nSPS) is 37.2. The van der Waals surface area contributed by atoms with Crippen LogP contribution >= 0.6 is 0 Å². The van der Waals surface area contributed by atoms with Crippen molar-refractivity contribution in [3.8, 4) is 6.07 Å². The predicted octanol–water partition coefficient (Wildman–Crippen LogP) is 2.61. The molecule has 5 nitrogen and oxygen atoms in total. The summed E-state index contributed by atoms with van der Waals surface area (Å²) in [6.07, 6.45) is 2.21. The fourth-order valence-electron chi connectivity index (χ4n) is 7.32. The number of hydrogen-bond donors (Lipinski definition) is 0. The molecule has 5 heteroatoms. The molecule has 4 heterocycles. The van der Waals surface area contributed by atoms with E-state index in [0.717, 1.165) is 50.3 Å². The minimum absolute atomic E-state index is 0.0505. The van der Waals surface area contributed by atoms with Gasteiger partial charge in [0.15, 0.2) is 6.04 Å². The Morgan fingerprint density at radius 1 is 0.774 bits per heavy atom. The first-order valence-electron chi connectivity index (χ1n) is 11.9. The predicted molar refractivity (Wildman–Crippen MR) is 120 cm³/mol. The molecule has 0 aromatic heterocycles. The molecule has 0 N–H and O–H groups in total. The Kier molecular flexibility index (Phi) is 4.66. The summed E-state index contributed by atoms with van der Waals surface area (Å²) in [7, 11) is 0. The van der Waals surface area contributed by atoms with Gasteiger partial charge in [-0.05, 0) is 0 Å². The Balaban J connectivity index is 1.42. The van der Waals surface area contributed by atoms with Gasteiger partial charge < -0.3 is 0 Å². The molecule has 2 aromatic rings. The van der Waals surface area contributed by atoms with Crippen LogP contribution in [0.4, 0.5) is 0 Å². The lowest BCUT2D eigenvalue weighted by atomic mass is 9.97. The zero-order valence-electron chi connectivity index (χ0n) is 18.3. The summed E-state index contributed by atoms with van der Waals surface area (Å²) in [6.45, 7) is 10.2. The quantitative estimate of drug-likeness (QED) is 0.719. The molecular weight excluding hydrogens is 382 g/mol. The van der Waals surface area contributed by atoms with E-state index in [9.17, 15) is 5.26 Å². The number of piperazine rings is 2. The summed E-state index contributed by atoms with van der Waals surface area (Å²) >= 11 is 0. The van der Waals surface area contributed by atoms with E-state index in [1.807, 2.05) is 0 Å².